The van der Waals surface area contributed by atoms with Gasteiger partial charge in [0, 0.05) is 11.1 Å². The summed E-state index contributed by atoms with van der Waals surface area (Å²) in [7, 11) is 0. The lowest BCUT2D eigenvalue weighted by Crippen LogP contribution is -2.11. The molecule has 7 heteroatoms. The average molecular weight is 380 g/mol. The zero-order valence-corrected chi connectivity index (χ0v) is 15.0. The fourth-order valence-corrected chi connectivity index (χ4v) is 4.62. The van der Waals surface area contributed by atoms with E-state index in [2.05, 4.69) is 10.3 Å². The quantitative estimate of drug-likeness (QED) is 0.543. The number of para-hydroxylation sites is 1. The van der Waals surface area contributed by atoms with Crippen molar-refractivity contribution in [1.82, 2.24) is 4.98 Å². The van der Waals surface area contributed by atoms with Crippen LogP contribution < -0.4 is 14.8 Å². The van der Waals surface area contributed by atoms with E-state index in [0.29, 0.717) is 17.1 Å². The molecule has 5 nitrogen and oxygen atoms in total. The summed E-state index contributed by atoms with van der Waals surface area (Å²) in [4.78, 5) is 17.3. The van der Waals surface area contributed by atoms with Gasteiger partial charge in [0.2, 0.25) is 6.79 Å². The standard InChI is InChI=1S/C19H12N2O3S2/c22-17(11-5-6-14-15(9-11)24-10-23-14)21-18-12(7-8-25-18)19-20-13-3-1-2-4-16(13)26-19/h1-9H,10H2,(H,21,22). The van der Waals surface area contributed by atoms with E-state index in [4.69, 9.17) is 9.47 Å². The summed E-state index contributed by atoms with van der Waals surface area (Å²) in [6.07, 6.45) is 0. The normalized spacial score (nSPS) is 12.5. The molecule has 0 spiro atoms. The number of nitrogens with one attached hydrogen (secondary N) is 1. The van der Waals surface area contributed by atoms with E-state index in [0.717, 1.165) is 25.8 Å². The van der Waals surface area contributed by atoms with E-state index >= 15 is 0 Å². The van der Waals surface area contributed by atoms with Gasteiger partial charge in [0.25, 0.3) is 5.91 Å². The molecule has 0 atom stereocenters. The first-order valence-electron chi connectivity index (χ1n) is 7.92. The largest absolute Gasteiger partial charge is 0.454 e. The zero-order valence-electron chi connectivity index (χ0n) is 13.4. The molecule has 0 saturated carbocycles. The number of rotatable bonds is 3. The van der Waals surface area contributed by atoms with Crippen molar-refractivity contribution >= 4 is 43.8 Å². The molecule has 1 aliphatic rings. The maximum absolute atomic E-state index is 12.6. The van der Waals surface area contributed by atoms with Crippen LogP contribution in [-0.2, 0) is 0 Å². The van der Waals surface area contributed by atoms with Crippen LogP contribution in [0, 0.1) is 0 Å². The van der Waals surface area contributed by atoms with Gasteiger partial charge in [0.1, 0.15) is 10.0 Å². The molecule has 26 heavy (non-hydrogen) atoms. The van der Waals surface area contributed by atoms with Gasteiger partial charge in [0.05, 0.1) is 10.2 Å². The van der Waals surface area contributed by atoms with Crippen molar-refractivity contribution in [3.05, 3.63) is 59.5 Å². The first-order chi connectivity index (χ1) is 12.8. The fraction of sp³-hybridized carbons (Fsp3) is 0.0526. The van der Waals surface area contributed by atoms with Crippen LogP contribution in [0.25, 0.3) is 20.8 Å². The molecule has 0 aliphatic carbocycles. The highest BCUT2D eigenvalue weighted by molar-refractivity contribution is 7.22. The number of anilines is 1. The second-order valence-corrected chi connectivity index (χ2v) is 7.62. The number of fused-ring (bicyclic) bond motifs is 2. The zero-order chi connectivity index (χ0) is 17.5. The molecule has 0 saturated heterocycles. The highest BCUT2D eigenvalue weighted by Crippen LogP contribution is 2.38. The van der Waals surface area contributed by atoms with Crippen molar-refractivity contribution in [2.75, 3.05) is 12.1 Å². The van der Waals surface area contributed by atoms with E-state index < -0.39 is 0 Å². The highest BCUT2D eigenvalue weighted by Gasteiger charge is 2.18. The molecular weight excluding hydrogens is 368 g/mol. The van der Waals surface area contributed by atoms with Crippen LogP contribution in [0.3, 0.4) is 0 Å². The van der Waals surface area contributed by atoms with Crippen molar-refractivity contribution in [2.45, 2.75) is 0 Å². The Morgan fingerprint density at radius 2 is 1.96 bits per heavy atom. The van der Waals surface area contributed by atoms with Gasteiger partial charge in [-0.15, -0.1) is 22.7 Å². The summed E-state index contributed by atoms with van der Waals surface area (Å²) in [5.74, 6) is 1.07. The van der Waals surface area contributed by atoms with E-state index in [-0.39, 0.29) is 12.7 Å². The average Bonchev–Trinajstić information content (AvgIpc) is 3.39. The Kier molecular flexibility index (Phi) is 3.62. The number of benzene rings is 2. The Hall–Kier alpha value is -2.90. The number of hydrogen-bond donors (Lipinski definition) is 1. The third kappa shape index (κ3) is 2.61. The molecule has 2 aromatic carbocycles. The van der Waals surface area contributed by atoms with Crippen molar-refractivity contribution < 1.29 is 14.3 Å². The van der Waals surface area contributed by atoms with Gasteiger partial charge in [-0.05, 0) is 41.8 Å². The number of ether oxygens (including phenoxy) is 2. The Morgan fingerprint density at radius 3 is 2.88 bits per heavy atom. The van der Waals surface area contributed by atoms with Crippen LogP contribution >= 0.6 is 22.7 Å². The van der Waals surface area contributed by atoms with Crippen molar-refractivity contribution in [3.63, 3.8) is 0 Å². The molecule has 5 rings (SSSR count). The molecule has 3 heterocycles. The van der Waals surface area contributed by atoms with E-state index in [1.807, 2.05) is 35.7 Å². The molecule has 1 aliphatic heterocycles. The summed E-state index contributed by atoms with van der Waals surface area (Å²) >= 11 is 3.10. The first kappa shape index (κ1) is 15.4. The predicted molar refractivity (Wildman–Crippen MR) is 103 cm³/mol. The van der Waals surface area contributed by atoms with Gasteiger partial charge >= 0.3 is 0 Å². The Morgan fingerprint density at radius 1 is 1.08 bits per heavy atom. The minimum atomic E-state index is -0.187. The van der Waals surface area contributed by atoms with Crippen LogP contribution in [0.15, 0.2) is 53.9 Å². The van der Waals surface area contributed by atoms with Crippen molar-refractivity contribution in [1.29, 1.82) is 0 Å². The molecule has 0 bridgehead atoms. The number of thiophene rings is 1. The number of nitrogens with zero attached hydrogens (tertiary/aromatic N) is 1. The summed E-state index contributed by atoms with van der Waals surface area (Å²) in [6.45, 7) is 0.188. The third-order valence-electron chi connectivity index (χ3n) is 4.05. The van der Waals surface area contributed by atoms with Gasteiger partial charge in [-0.1, -0.05) is 12.1 Å². The Bertz CT molecular complexity index is 1100. The summed E-state index contributed by atoms with van der Waals surface area (Å²) in [5.41, 5.74) is 2.43. The van der Waals surface area contributed by atoms with Gasteiger partial charge in [-0.25, -0.2) is 4.98 Å². The SMILES string of the molecule is O=C(Nc1sccc1-c1nc2ccccc2s1)c1ccc2c(c1)OCO2. The van der Waals surface area contributed by atoms with E-state index in [1.165, 1.54) is 11.3 Å². The van der Waals surface area contributed by atoms with Gasteiger partial charge < -0.3 is 14.8 Å². The monoisotopic (exact) mass is 380 g/mol. The van der Waals surface area contributed by atoms with E-state index in [9.17, 15) is 4.79 Å². The fourth-order valence-electron chi connectivity index (χ4n) is 2.77. The first-order valence-corrected chi connectivity index (χ1v) is 9.62. The Balaban J connectivity index is 1.45. The van der Waals surface area contributed by atoms with Crippen LogP contribution in [-0.4, -0.2) is 17.7 Å². The molecule has 1 amide bonds. The summed E-state index contributed by atoms with van der Waals surface area (Å²) in [6, 6.07) is 15.2. The molecule has 1 N–H and O–H groups in total. The minimum absolute atomic E-state index is 0.187. The third-order valence-corrected chi connectivity index (χ3v) is 5.95. The number of thiazole rings is 1. The molecule has 0 fully saturated rings. The Labute approximate surface area is 156 Å². The molecule has 2 aromatic heterocycles. The van der Waals surface area contributed by atoms with Gasteiger partial charge in [0.15, 0.2) is 11.5 Å². The van der Waals surface area contributed by atoms with Crippen molar-refractivity contribution in [3.8, 4) is 22.1 Å². The van der Waals surface area contributed by atoms with Crippen LogP contribution in [0.2, 0.25) is 0 Å². The van der Waals surface area contributed by atoms with Gasteiger partial charge in [-0.3, -0.25) is 4.79 Å². The lowest BCUT2D eigenvalue weighted by atomic mass is 10.2. The number of hydrogen-bond acceptors (Lipinski definition) is 6. The molecule has 4 aromatic rings. The number of aromatic nitrogens is 1. The summed E-state index contributed by atoms with van der Waals surface area (Å²) in [5, 5.41) is 6.63. The minimum Gasteiger partial charge on any atom is -0.454 e. The maximum Gasteiger partial charge on any atom is 0.256 e. The number of carbonyl (C=O) groups excluding carboxylic acids is 1. The highest BCUT2D eigenvalue weighted by atomic mass is 32.1. The number of carbonyl (C=O) groups is 1. The van der Waals surface area contributed by atoms with Gasteiger partial charge in [-0.2, -0.15) is 0 Å². The smallest absolute Gasteiger partial charge is 0.256 e. The number of amides is 1. The molecule has 0 unspecified atom stereocenters. The van der Waals surface area contributed by atoms with Crippen LogP contribution in [0.4, 0.5) is 5.00 Å². The molecular formula is C19H12N2O3S2. The summed E-state index contributed by atoms with van der Waals surface area (Å²) < 4.78 is 11.8. The van der Waals surface area contributed by atoms with Crippen LogP contribution in [0.5, 0.6) is 11.5 Å². The second kappa shape index (κ2) is 6.12. The lowest BCUT2D eigenvalue weighted by molar-refractivity contribution is 0.102. The maximum atomic E-state index is 12.6. The van der Waals surface area contributed by atoms with Crippen LogP contribution in [0.1, 0.15) is 10.4 Å². The van der Waals surface area contributed by atoms with E-state index in [1.54, 1.807) is 29.5 Å². The predicted octanol–water partition coefficient (Wildman–Crippen LogP) is 5.01. The second-order valence-electron chi connectivity index (χ2n) is 5.67. The molecule has 0 radical (unpaired) electrons. The van der Waals surface area contributed by atoms with Crippen molar-refractivity contribution in [2.24, 2.45) is 0 Å². The topological polar surface area (TPSA) is 60.5 Å². The molecule has 128 valence electrons. The lowest BCUT2D eigenvalue weighted by Gasteiger charge is -2.06.